The first kappa shape index (κ1) is 26.9. The van der Waals surface area contributed by atoms with Crippen LogP contribution in [0, 0.1) is 0 Å². The van der Waals surface area contributed by atoms with Crippen molar-refractivity contribution < 1.29 is 33.3 Å². The molecule has 2 amide bonds. The van der Waals surface area contributed by atoms with Crippen molar-refractivity contribution in [3.05, 3.63) is 35.9 Å². The fourth-order valence-corrected chi connectivity index (χ4v) is 2.79. The number of ether oxygens (including phenoxy) is 4. The van der Waals surface area contributed by atoms with E-state index in [1.165, 1.54) is 37.1 Å². The van der Waals surface area contributed by atoms with Gasteiger partial charge in [-0.2, -0.15) is 9.88 Å². The molecule has 2 aromatic rings. The monoisotopic (exact) mass is 491 g/mol. The van der Waals surface area contributed by atoms with Crippen LogP contribution in [0.1, 0.15) is 51.9 Å². The van der Waals surface area contributed by atoms with Gasteiger partial charge in [0.15, 0.2) is 11.0 Å². The summed E-state index contributed by atoms with van der Waals surface area (Å²) in [6, 6.07) is 7.51. The van der Waals surface area contributed by atoms with Gasteiger partial charge in [-0.05, 0) is 72.1 Å². The number of benzene rings is 1. The van der Waals surface area contributed by atoms with Crippen LogP contribution in [0.3, 0.4) is 0 Å². The SMILES string of the molecule is COC(=O)c1ccc(Oc2cc(N(C(=O)OC(C)(C)C)C(=O)OC(C)(C)C)nc(SC)n2)cc1. The van der Waals surface area contributed by atoms with Crippen LogP contribution in [0.5, 0.6) is 11.6 Å². The molecule has 0 aliphatic carbocycles. The molecule has 0 aliphatic heterocycles. The normalized spacial score (nSPS) is 11.4. The van der Waals surface area contributed by atoms with Crippen LogP contribution in [0.15, 0.2) is 35.5 Å². The Kier molecular flexibility index (Phi) is 8.49. The van der Waals surface area contributed by atoms with Gasteiger partial charge in [-0.3, -0.25) is 0 Å². The van der Waals surface area contributed by atoms with E-state index in [4.69, 9.17) is 14.2 Å². The molecule has 1 aromatic carbocycles. The first-order valence-corrected chi connectivity index (χ1v) is 11.5. The smallest absolute Gasteiger partial charge is 0.425 e. The molecule has 0 atom stereocenters. The number of esters is 1. The molecular weight excluding hydrogens is 462 g/mol. The lowest BCUT2D eigenvalue weighted by molar-refractivity contribution is 0.0427. The molecule has 0 radical (unpaired) electrons. The Morgan fingerprint density at radius 1 is 0.882 bits per heavy atom. The average molecular weight is 492 g/mol. The van der Waals surface area contributed by atoms with E-state index < -0.39 is 29.4 Å². The number of anilines is 1. The van der Waals surface area contributed by atoms with Gasteiger partial charge in [-0.1, -0.05) is 11.8 Å². The summed E-state index contributed by atoms with van der Waals surface area (Å²) in [4.78, 5) is 46.8. The Bertz CT molecular complexity index is 1020. The molecule has 0 aliphatic rings. The zero-order valence-corrected chi connectivity index (χ0v) is 21.3. The van der Waals surface area contributed by atoms with Crippen molar-refractivity contribution >= 4 is 35.7 Å². The van der Waals surface area contributed by atoms with Crippen LogP contribution in [0.4, 0.5) is 15.4 Å². The molecule has 11 heteroatoms. The Labute approximate surface area is 202 Å². The van der Waals surface area contributed by atoms with Crippen molar-refractivity contribution in [2.75, 3.05) is 18.3 Å². The quantitative estimate of drug-likeness (QED) is 0.231. The standard InChI is InChI=1S/C23H29N3O7S/c1-22(2,3)32-20(28)26(21(29)33-23(4,5)6)16-13-17(25-19(24-16)34-8)31-15-11-9-14(10-12-15)18(27)30-7/h9-13H,1-8H3. The number of carbonyl (C=O) groups excluding carboxylic acids is 3. The maximum absolute atomic E-state index is 12.9. The van der Waals surface area contributed by atoms with Crippen LogP contribution in [-0.2, 0) is 14.2 Å². The second-order valence-electron chi connectivity index (χ2n) is 8.97. The maximum Gasteiger partial charge on any atom is 0.425 e. The molecule has 0 unspecified atom stereocenters. The molecule has 0 saturated heterocycles. The zero-order valence-electron chi connectivity index (χ0n) is 20.5. The lowest BCUT2D eigenvalue weighted by atomic mass is 10.2. The first-order valence-electron chi connectivity index (χ1n) is 10.3. The van der Waals surface area contributed by atoms with Crippen LogP contribution in [0.2, 0.25) is 0 Å². The highest BCUT2D eigenvalue weighted by molar-refractivity contribution is 7.98. The summed E-state index contributed by atoms with van der Waals surface area (Å²) in [5.41, 5.74) is -1.38. The predicted molar refractivity (Wildman–Crippen MR) is 127 cm³/mol. The molecule has 0 bridgehead atoms. The predicted octanol–water partition coefficient (Wildman–Crippen LogP) is 5.45. The number of imide groups is 1. The number of nitrogens with zero attached hydrogens (tertiary/aromatic N) is 3. The number of hydrogen-bond donors (Lipinski definition) is 0. The number of hydrogen-bond acceptors (Lipinski definition) is 10. The molecule has 10 nitrogen and oxygen atoms in total. The Morgan fingerprint density at radius 3 is 1.85 bits per heavy atom. The van der Waals surface area contributed by atoms with Crippen molar-refractivity contribution in [2.24, 2.45) is 0 Å². The first-order chi connectivity index (χ1) is 15.7. The Balaban J connectivity index is 2.46. The van der Waals surface area contributed by atoms with Gasteiger partial charge in [-0.15, -0.1) is 0 Å². The highest BCUT2D eigenvalue weighted by atomic mass is 32.2. The van der Waals surface area contributed by atoms with E-state index in [1.54, 1.807) is 59.9 Å². The second kappa shape index (κ2) is 10.7. The molecule has 0 N–H and O–H groups in total. The summed E-state index contributed by atoms with van der Waals surface area (Å²) < 4.78 is 21.3. The van der Waals surface area contributed by atoms with Gasteiger partial charge in [0.25, 0.3) is 0 Å². The van der Waals surface area contributed by atoms with Crippen molar-refractivity contribution in [3.8, 4) is 11.6 Å². The van der Waals surface area contributed by atoms with Crippen LogP contribution in [-0.4, -0.2) is 52.7 Å². The van der Waals surface area contributed by atoms with Crippen molar-refractivity contribution in [1.82, 2.24) is 9.97 Å². The number of thioether (sulfide) groups is 1. The number of amides is 2. The maximum atomic E-state index is 12.9. The van der Waals surface area contributed by atoms with Crippen LogP contribution < -0.4 is 9.64 Å². The minimum Gasteiger partial charge on any atom is -0.465 e. The highest BCUT2D eigenvalue weighted by Gasteiger charge is 2.34. The van der Waals surface area contributed by atoms with Gasteiger partial charge < -0.3 is 18.9 Å². The van der Waals surface area contributed by atoms with E-state index >= 15 is 0 Å². The lowest BCUT2D eigenvalue weighted by Gasteiger charge is -2.28. The molecule has 0 saturated carbocycles. The van der Waals surface area contributed by atoms with Gasteiger partial charge >= 0.3 is 18.2 Å². The highest BCUT2D eigenvalue weighted by Crippen LogP contribution is 2.28. The molecule has 0 fully saturated rings. The van der Waals surface area contributed by atoms with Gasteiger partial charge in [0, 0.05) is 6.07 Å². The van der Waals surface area contributed by atoms with Crippen molar-refractivity contribution in [1.29, 1.82) is 0 Å². The van der Waals surface area contributed by atoms with Crippen molar-refractivity contribution in [2.45, 2.75) is 57.9 Å². The second-order valence-corrected chi connectivity index (χ2v) is 9.74. The molecule has 184 valence electrons. The Morgan fingerprint density at radius 2 is 1.41 bits per heavy atom. The molecule has 2 rings (SSSR count). The fourth-order valence-electron chi connectivity index (χ4n) is 2.42. The van der Waals surface area contributed by atoms with Crippen LogP contribution in [0.25, 0.3) is 0 Å². The minimum atomic E-state index is -0.958. The largest absolute Gasteiger partial charge is 0.465 e. The van der Waals surface area contributed by atoms with Crippen LogP contribution >= 0.6 is 11.8 Å². The number of carbonyl (C=O) groups is 3. The van der Waals surface area contributed by atoms with E-state index in [9.17, 15) is 14.4 Å². The molecule has 1 aromatic heterocycles. The van der Waals surface area contributed by atoms with Gasteiger partial charge in [0.1, 0.15) is 17.0 Å². The third kappa shape index (κ3) is 7.91. The summed E-state index contributed by atoms with van der Waals surface area (Å²) in [6.45, 7) is 10.1. The van der Waals surface area contributed by atoms with Gasteiger partial charge in [0.2, 0.25) is 5.88 Å². The molecule has 34 heavy (non-hydrogen) atoms. The zero-order chi connectivity index (χ0) is 25.7. The summed E-state index contributed by atoms with van der Waals surface area (Å²) >= 11 is 1.19. The summed E-state index contributed by atoms with van der Waals surface area (Å²) in [7, 11) is 1.29. The van der Waals surface area contributed by atoms with E-state index in [0.717, 1.165) is 0 Å². The van der Waals surface area contributed by atoms with E-state index in [-0.39, 0.29) is 16.9 Å². The third-order valence-electron chi connectivity index (χ3n) is 3.73. The fraction of sp³-hybridized carbons (Fsp3) is 0.435. The molecule has 0 spiro atoms. The van der Waals surface area contributed by atoms with Crippen molar-refractivity contribution in [3.63, 3.8) is 0 Å². The summed E-state index contributed by atoms with van der Waals surface area (Å²) in [5, 5.41) is 0.246. The summed E-state index contributed by atoms with van der Waals surface area (Å²) in [5.74, 6) is -0.127. The van der Waals surface area contributed by atoms with E-state index in [2.05, 4.69) is 14.7 Å². The van der Waals surface area contributed by atoms with E-state index in [1.807, 2.05) is 0 Å². The van der Waals surface area contributed by atoms with Gasteiger partial charge in [0.05, 0.1) is 12.7 Å². The lowest BCUT2D eigenvalue weighted by Crippen LogP contribution is -2.44. The van der Waals surface area contributed by atoms with Gasteiger partial charge in [-0.25, -0.2) is 19.4 Å². The third-order valence-corrected chi connectivity index (χ3v) is 4.28. The molecule has 1 heterocycles. The summed E-state index contributed by atoms with van der Waals surface area (Å²) in [6.07, 6.45) is -0.180. The number of aromatic nitrogens is 2. The average Bonchev–Trinajstić information content (AvgIpc) is 2.71. The number of methoxy groups -OCH3 is 1. The molecular formula is C23H29N3O7S. The Hall–Kier alpha value is -3.34. The minimum absolute atomic E-state index is 0.0669. The number of rotatable bonds is 5. The van der Waals surface area contributed by atoms with E-state index in [0.29, 0.717) is 16.2 Å². The topological polar surface area (TPSA) is 117 Å².